The van der Waals surface area contributed by atoms with Gasteiger partial charge in [0.1, 0.15) is 6.04 Å². The summed E-state index contributed by atoms with van der Waals surface area (Å²) in [7, 11) is 0. The van der Waals surface area contributed by atoms with Gasteiger partial charge in [-0.3, -0.25) is 9.69 Å². The molecule has 0 bridgehead atoms. The number of amides is 1. The molecule has 1 aliphatic heterocycles. The van der Waals surface area contributed by atoms with Gasteiger partial charge in [0.2, 0.25) is 5.91 Å². The predicted octanol–water partition coefficient (Wildman–Crippen LogP) is 2.43. The van der Waals surface area contributed by atoms with Gasteiger partial charge in [-0.2, -0.15) is 0 Å². The Kier molecular flexibility index (Phi) is 5.11. The Labute approximate surface area is 132 Å². The Balaban J connectivity index is 1.77. The molecule has 1 amide bonds. The molecule has 4 nitrogen and oxygen atoms in total. The van der Waals surface area contributed by atoms with E-state index < -0.39 is 0 Å². The zero-order valence-electron chi connectivity index (χ0n) is 13.4. The number of carbonyl (C=O) groups excluding carboxylic acids is 1. The van der Waals surface area contributed by atoms with Crippen LogP contribution in [0.15, 0.2) is 24.3 Å². The van der Waals surface area contributed by atoms with Crippen LogP contribution in [0.3, 0.4) is 0 Å². The summed E-state index contributed by atoms with van der Waals surface area (Å²) >= 11 is 0. The first-order chi connectivity index (χ1) is 10.7. The monoisotopic (exact) mass is 302 g/mol. The van der Waals surface area contributed by atoms with Crippen molar-refractivity contribution in [2.45, 2.75) is 44.7 Å². The minimum atomic E-state index is -0.190. The van der Waals surface area contributed by atoms with Crippen LogP contribution in [0.5, 0.6) is 0 Å². The summed E-state index contributed by atoms with van der Waals surface area (Å²) in [5.41, 5.74) is 2.31. The fraction of sp³-hybridized carbons (Fsp3) is 0.611. The van der Waals surface area contributed by atoms with Gasteiger partial charge < -0.3 is 10.1 Å². The summed E-state index contributed by atoms with van der Waals surface area (Å²) < 4.78 is 5.44. The number of rotatable bonds is 4. The molecule has 22 heavy (non-hydrogen) atoms. The molecule has 3 rings (SSSR count). The van der Waals surface area contributed by atoms with E-state index in [4.69, 9.17) is 4.74 Å². The van der Waals surface area contributed by atoms with Crippen LogP contribution in [-0.4, -0.2) is 43.2 Å². The van der Waals surface area contributed by atoms with Crippen LogP contribution in [0.25, 0.3) is 0 Å². The highest BCUT2D eigenvalue weighted by molar-refractivity contribution is 5.83. The third-order valence-electron chi connectivity index (χ3n) is 4.75. The van der Waals surface area contributed by atoms with E-state index in [2.05, 4.69) is 41.4 Å². The van der Waals surface area contributed by atoms with E-state index in [9.17, 15) is 4.79 Å². The van der Waals surface area contributed by atoms with Gasteiger partial charge >= 0.3 is 0 Å². The number of carbonyl (C=O) groups is 1. The molecule has 0 spiro atoms. The van der Waals surface area contributed by atoms with Crippen molar-refractivity contribution >= 4 is 5.91 Å². The molecule has 1 aliphatic carbocycles. The summed E-state index contributed by atoms with van der Waals surface area (Å²) in [6.45, 7) is 5.12. The number of nitrogens with one attached hydrogen (secondary N) is 1. The number of benzene rings is 1. The topological polar surface area (TPSA) is 41.6 Å². The summed E-state index contributed by atoms with van der Waals surface area (Å²) in [4.78, 5) is 15.1. The summed E-state index contributed by atoms with van der Waals surface area (Å²) in [6, 6.07) is 8.52. The maximum absolute atomic E-state index is 12.9. The number of hydrogen-bond donors (Lipinski definition) is 1. The maximum Gasteiger partial charge on any atom is 0.242 e. The molecule has 0 radical (unpaired) electrons. The lowest BCUT2D eigenvalue weighted by Crippen LogP contribution is -2.47. The normalized spacial score (nSPS) is 21.7. The molecule has 0 aromatic heterocycles. The zero-order valence-corrected chi connectivity index (χ0v) is 13.4. The van der Waals surface area contributed by atoms with E-state index in [0.29, 0.717) is 19.3 Å². The third kappa shape index (κ3) is 3.68. The van der Waals surface area contributed by atoms with Crippen molar-refractivity contribution in [1.29, 1.82) is 0 Å². The SMILES string of the molecule is Cc1ccc(C(C(=O)NC2CCCC2)N2CCOCC2)cc1. The summed E-state index contributed by atoms with van der Waals surface area (Å²) in [5, 5.41) is 3.27. The van der Waals surface area contributed by atoms with E-state index in [0.717, 1.165) is 31.5 Å². The van der Waals surface area contributed by atoms with Gasteiger partial charge in [0.05, 0.1) is 13.2 Å². The van der Waals surface area contributed by atoms with Crippen LogP contribution >= 0.6 is 0 Å². The second-order valence-corrected chi connectivity index (χ2v) is 6.45. The van der Waals surface area contributed by atoms with Gasteiger partial charge in [-0.05, 0) is 25.3 Å². The fourth-order valence-corrected chi connectivity index (χ4v) is 3.46. The van der Waals surface area contributed by atoms with Crippen molar-refractivity contribution in [3.05, 3.63) is 35.4 Å². The molecule has 1 unspecified atom stereocenters. The lowest BCUT2D eigenvalue weighted by molar-refractivity contribution is -0.129. The largest absolute Gasteiger partial charge is 0.379 e. The van der Waals surface area contributed by atoms with Crippen LogP contribution in [0, 0.1) is 6.92 Å². The first kappa shape index (κ1) is 15.5. The minimum Gasteiger partial charge on any atom is -0.379 e. The minimum absolute atomic E-state index is 0.151. The standard InChI is InChI=1S/C18H26N2O2/c1-14-6-8-15(9-7-14)17(20-10-12-22-13-11-20)18(21)19-16-4-2-3-5-16/h6-9,16-17H,2-5,10-13H2,1H3,(H,19,21). The Hall–Kier alpha value is -1.39. The smallest absolute Gasteiger partial charge is 0.242 e. The van der Waals surface area contributed by atoms with Crippen LogP contribution in [0.1, 0.15) is 42.9 Å². The highest BCUT2D eigenvalue weighted by atomic mass is 16.5. The Morgan fingerprint density at radius 1 is 1.18 bits per heavy atom. The summed E-state index contributed by atoms with van der Waals surface area (Å²) in [5.74, 6) is 0.151. The van der Waals surface area contributed by atoms with Gasteiger partial charge in [0.25, 0.3) is 0 Å². The Bertz CT molecular complexity index is 488. The van der Waals surface area contributed by atoms with Gasteiger partial charge in [-0.15, -0.1) is 0 Å². The van der Waals surface area contributed by atoms with E-state index in [1.807, 2.05) is 0 Å². The number of hydrogen-bond acceptors (Lipinski definition) is 3. The third-order valence-corrected chi connectivity index (χ3v) is 4.75. The quantitative estimate of drug-likeness (QED) is 0.929. The van der Waals surface area contributed by atoms with Gasteiger partial charge in [0.15, 0.2) is 0 Å². The molecule has 1 heterocycles. The summed E-state index contributed by atoms with van der Waals surface area (Å²) in [6.07, 6.45) is 4.71. The molecule has 1 saturated carbocycles. The number of ether oxygens (including phenoxy) is 1. The predicted molar refractivity (Wildman–Crippen MR) is 86.7 cm³/mol. The lowest BCUT2D eigenvalue weighted by atomic mass is 10.0. The van der Waals surface area contributed by atoms with Crippen molar-refractivity contribution in [1.82, 2.24) is 10.2 Å². The van der Waals surface area contributed by atoms with E-state index >= 15 is 0 Å². The van der Waals surface area contributed by atoms with Gasteiger partial charge in [0, 0.05) is 19.1 Å². The molecule has 1 saturated heterocycles. The van der Waals surface area contributed by atoms with Crippen LogP contribution in [0.4, 0.5) is 0 Å². The highest BCUT2D eigenvalue weighted by Crippen LogP contribution is 2.25. The number of aryl methyl sites for hydroxylation is 1. The van der Waals surface area contributed by atoms with Crippen LogP contribution in [-0.2, 0) is 9.53 Å². The fourth-order valence-electron chi connectivity index (χ4n) is 3.46. The molecule has 2 aliphatic rings. The molecule has 1 aromatic carbocycles. The molecule has 4 heteroatoms. The highest BCUT2D eigenvalue weighted by Gasteiger charge is 2.30. The van der Waals surface area contributed by atoms with Gasteiger partial charge in [-0.1, -0.05) is 42.7 Å². The van der Waals surface area contributed by atoms with Crippen molar-refractivity contribution in [3.63, 3.8) is 0 Å². The van der Waals surface area contributed by atoms with Crippen LogP contribution < -0.4 is 5.32 Å². The molecule has 1 N–H and O–H groups in total. The van der Waals surface area contributed by atoms with Crippen molar-refractivity contribution in [3.8, 4) is 0 Å². The maximum atomic E-state index is 12.9. The second-order valence-electron chi connectivity index (χ2n) is 6.45. The van der Waals surface area contributed by atoms with E-state index in [-0.39, 0.29) is 11.9 Å². The van der Waals surface area contributed by atoms with Gasteiger partial charge in [-0.25, -0.2) is 0 Å². The molecule has 1 atom stereocenters. The lowest BCUT2D eigenvalue weighted by Gasteiger charge is -2.34. The zero-order chi connectivity index (χ0) is 15.4. The molecule has 120 valence electrons. The average Bonchev–Trinajstić information content (AvgIpc) is 3.03. The Morgan fingerprint density at radius 2 is 1.82 bits per heavy atom. The number of nitrogens with zero attached hydrogens (tertiary/aromatic N) is 1. The second kappa shape index (κ2) is 7.25. The van der Waals surface area contributed by atoms with E-state index in [1.165, 1.54) is 18.4 Å². The molecule has 1 aromatic rings. The first-order valence-electron chi connectivity index (χ1n) is 8.43. The Morgan fingerprint density at radius 3 is 2.45 bits per heavy atom. The molecular formula is C18H26N2O2. The first-order valence-corrected chi connectivity index (χ1v) is 8.43. The molecule has 2 fully saturated rings. The van der Waals surface area contributed by atoms with Crippen molar-refractivity contribution in [2.75, 3.05) is 26.3 Å². The average molecular weight is 302 g/mol. The van der Waals surface area contributed by atoms with E-state index in [1.54, 1.807) is 0 Å². The van der Waals surface area contributed by atoms with Crippen LogP contribution in [0.2, 0.25) is 0 Å². The van der Waals surface area contributed by atoms with Crippen molar-refractivity contribution < 1.29 is 9.53 Å². The molecular weight excluding hydrogens is 276 g/mol. The van der Waals surface area contributed by atoms with Crippen molar-refractivity contribution in [2.24, 2.45) is 0 Å². The number of morpholine rings is 1.